The quantitative estimate of drug-likeness (QED) is 0.612. The van der Waals surface area contributed by atoms with Gasteiger partial charge in [-0.15, -0.1) is 0 Å². The van der Waals surface area contributed by atoms with Crippen molar-refractivity contribution >= 4 is 11.9 Å². The fourth-order valence-corrected chi connectivity index (χ4v) is 1.12. The van der Waals surface area contributed by atoms with Crippen molar-refractivity contribution in [1.82, 2.24) is 5.32 Å². The average Bonchev–Trinajstić information content (AvgIpc) is 2.11. The molecule has 0 spiro atoms. The van der Waals surface area contributed by atoms with Crippen LogP contribution in [0.3, 0.4) is 0 Å². The molecule has 1 unspecified atom stereocenters. The van der Waals surface area contributed by atoms with Gasteiger partial charge in [0, 0.05) is 12.5 Å². The molecule has 0 radical (unpaired) electrons. The largest absolute Gasteiger partial charge is 0.481 e. The molecule has 0 aliphatic carbocycles. The van der Waals surface area contributed by atoms with Crippen molar-refractivity contribution in [1.29, 1.82) is 0 Å². The van der Waals surface area contributed by atoms with Crippen molar-refractivity contribution in [3.63, 3.8) is 0 Å². The van der Waals surface area contributed by atoms with Gasteiger partial charge in [0.25, 0.3) is 0 Å². The molecule has 14 heavy (non-hydrogen) atoms. The minimum atomic E-state index is -0.929. The van der Waals surface area contributed by atoms with Crippen LogP contribution in [0.25, 0.3) is 0 Å². The summed E-state index contributed by atoms with van der Waals surface area (Å²) in [6, 6.07) is 0. The molecular formula is C10H19NO3. The molecule has 0 aliphatic heterocycles. The molecule has 0 aromatic carbocycles. The van der Waals surface area contributed by atoms with Crippen LogP contribution in [-0.2, 0) is 9.59 Å². The summed E-state index contributed by atoms with van der Waals surface area (Å²) in [6.45, 7) is 4.37. The normalized spacial score (nSPS) is 12.1. The zero-order chi connectivity index (χ0) is 11.0. The van der Waals surface area contributed by atoms with Gasteiger partial charge in [0.05, 0.1) is 6.42 Å². The Labute approximate surface area is 84.7 Å². The maximum Gasteiger partial charge on any atom is 0.304 e. The van der Waals surface area contributed by atoms with Gasteiger partial charge in [-0.1, -0.05) is 26.7 Å². The van der Waals surface area contributed by atoms with E-state index < -0.39 is 11.9 Å². The summed E-state index contributed by atoms with van der Waals surface area (Å²) < 4.78 is 0. The fraction of sp³-hybridized carbons (Fsp3) is 0.800. The molecule has 4 heteroatoms. The lowest BCUT2D eigenvalue weighted by molar-refractivity contribution is -0.140. The van der Waals surface area contributed by atoms with E-state index in [1.54, 1.807) is 6.92 Å². The summed E-state index contributed by atoms with van der Waals surface area (Å²) in [4.78, 5) is 21.6. The number of hydrogen-bond acceptors (Lipinski definition) is 2. The molecule has 0 aromatic heterocycles. The first-order valence-corrected chi connectivity index (χ1v) is 5.07. The Kier molecular flexibility index (Phi) is 6.80. The highest BCUT2D eigenvalue weighted by atomic mass is 16.4. The molecule has 0 fully saturated rings. The zero-order valence-corrected chi connectivity index (χ0v) is 8.88. The molecule has 0 aliphatic rings. The van der Waals surface area contributed by atoms with E-state index in [1.165, 1.54) is 0 Å². The van der Waals surface area contributed by atoms with Crippen molar-refractivity contribution in [2.24, 2.45) is 5.92 Å². The number of amides is 1. The maximum absolute atomic E-state index is 11.3. The van der Waals surface area contributed by atoms with Crippen molar-refractivity contribution < 1.29 is 14.7 Å². The molecule has 0 saturated heterocycles. The van der Waals surface area contributed by atoms with Crippen LogP contribution < -0.4 is 5.32 Å². The average molecular weight is 201 g/mol. The van der Waals surface area contributed by atoms with Gasteiger partial charge in [-0.05, 0) is 6.42 Å². The van der Waals surface area contributed by atoms with Crippen molar-refractivity contribution in [2.45, 2.75) is 39.5 Å². The van der Waals surface area contributed by atoms with E-state index in [9.17, 15) is 9.59 Å². The molecular weight excluding hydrogens is 182 g/mol. The second kappa shape index (κ2) is 7.35. The number of aliphatic carboxylic acids is 1. The van der Waals surface area contributed by atoms with Gasteiger partial charge in [0.2, 0.25) is 5.91 Å². The smallest absolute Gasteiger partial charge is 0.304 e. The van der Waals surface area contributed by atoms with Crippen LogP contribution >= 0.6 is 0 Å². The molecule has 1 amide bonds. The minimum absolute atomic E-state index is 0.0976. The van der Waals surface area contributed by atoms with Gasteiger partial charge in [-0.2, -0.15) is 0 Å². The van der Waals surface area contributed by atoms with Crippen molar-refractivity contribution in [2.75, 3.05) is 6.54 Å². The summed E-state index contributed by atoms with van der Waals surface area (Å²) in [7, 11) is 0. The molecule has 1 atom stereocenters. The summed E-state index contributed by atoms with van der Waals surface area (Å²) in [5.74, 6) is -1.53. The van der Waals surface area contributed by atoms with Crippen molar-refractivity contribution in [3.8, 4) is 0 Å². The fourth-order valence-electron chi connectivity index (χ4n) is 1.12. The lowest BCUT2D eigenvalue weighted by Gasteiger charge is -2.09. The van der Waals surface area contributed by atoms with E-state index in [2.05, 4.69) is 12.2 Å². The van der Waals surface area contributed by atoms with Crippen LogP contribution in [0.15, 0.2) is 0 Å². The van der Waals surface area contributed by atoms with E-state index in [0.29, 0.717) is 6.54 Å². The number of rotatable bonds is 7. The molecule has 0 bridgehead atoms. The third-order valence-electron chi connectivity index (χ3n) is 2.01. The van der Waals surface area contributed by atoms with E-state index in [1.807, 2.05) is 0 Å². The van der Waals surface area contributed by atoms with Crippen LogP contribution in [0, 0.1) is 5.92 Å². The number of carboxylic acid groups (broad SMARTS) is 1. The topological polar surface area (TPSA) is 66.4 Å². The van der Waals surface area contributed by atoms with E-state index >= 15 is 0 Å². The first kappa shape index (κ1) is 12.9. The van der Waals surface area contributed by atoms with Crippen molar-refractivity contribution in [3.05, 3.63) is 0 Å². The number of carbonyl (C=O) groups is 2. The third-order valence-corrected chi connectivity index (χ3v) is 2.01. The van der Waals surface area contributed by atoms with Gasteiger partial charge in [0.15, 0.2) is 0 Å². The molecule has 82 valence electrons. The van der Waals surface area contributed by atoms with Gasteiger partial charge in [-0.25, -0.2) is 0 Å². The first-order chi connectivity index (χ1) is 6.57. The van der Waals surface area contributed by atoms with Crippen LogP contribution in [-0.4, -0.2) is 23.5 Å². The number of carbonyl (C=O) groups excluding carboxylic acids is 1. The Hall–Kier alpha value is -1.06. The summed E-state index contributed by atoms with van der Waals surface area (Å²) >= 11 is 0. The van der Waals surface area contributed by atoms with Crippen LogP contribution in [0.5, 0.6) is 0 Å². The van der Waals surface area contributed by atoms with Gasteiger partial charge < -0.3 is 10.4 Å². The number of carboxylic acids is 1. The molecule has 0 rings (SSSR count). The van der Waals surface area contributed by atoms with Crippen LogP contribution in [0.1, 0.15) is 39.5 Å². The monoisotopic (exact) mass is 201 g/mol. The Morgan fingerprint density at radius 2 is 2.00 bits per heavy atom. The highest BCUT2D eigenvalue weighted by Crippen LogP contribution is 2.01. The van der Waals surface area contributed by atoms with Gasteiger partial charge >= 0.3 is 5.97 Å². The highest BCUT2D eigenvalue weighted by molar-refractivity contribution is 5.82. The Bertz CT molecular complexity index is 192. The molecule has 0 heterocycles. The van der Waals surface area contributed by atoms with Gasteiger partial charge in [-0.3, -0.25) is 9.59 Å². The number of hydrogen-bond donors (Lipinski definition) is 2. The summed E-state index contributed by atoms with van der Waals surface area (Å²) in [6.07, 6.45) is 3.07. The minimum Gasteiger partial charge on any atom is -0.481 e. The van der Waals surface area contributed by atoms with E-state index in [-0.39, 0.29) is 12.3 Å². The standard InChI is InChI=1S/C10H19NO3/c1-3-4-5-6-11-10(14)8(2)7-9(12)13/h8H,3-7H2,1-2H3,(H,11,14)(H,12,13). The molecule has 2 N–H and O–H groups in total. The lowest BCUT2D eigenvalue weighted by atomic mass is 10.1. The predicted molar refractivity (Wildman–Crippen MR) is 54.0 cm³/mol. The summed E-state index contributed by atoms with van der Waals surface area (Å²) in [5.41, 5.74) is 0. The number of unbranched alkanes of at least 4 members (excludes halogenated alkanes) is 2. The van der Waals surface area contributed by atoms with Crippen LogP contribution in [0.2, 0.25) is 0 Å². The Morgan fingerprint density at radius 3 is 2.50 bits per heavy atom. The highest BCUT2D eigenvalue weighted by Gasteiger charge is 2.15. The molecule has 4 nitrogen and oxygen atoms in total. The second-order valence-electron chi connectivity index (χ2n) is 3.50. The summed E-state index contributed by atoms with van der Waals surface area (Å²) in [5, 5.41) is 11.2. The zero-order valence-electron chi connectivity index (χ0n) is 8.88. The van der Waals surface area contributed by atoms with E-state index in [0.717, 1.165) is 19.3 Å². The lowest BCUT2D eigenvalue weighted by Crippen LogP contribution is -2.31. The predicted octanol–water partition coefficient (Wildman–Crippen LogP) is 1.40. The Morgan fingerprint density at radius 1 is 1.36 bits per heavy atom. The number of nitrogens with one attached hydrogen (secondary N) is 1. The van der Waals surface area contributed by atoms with Crippen LogP contribution in [0.4, 0.5) is 0 Å². The maximum atomic E-state index is 11.3. The molecule has 0 saturated carbocycles. The second-order valence-corrected chi connectivity index (χ2v) is 3.50. The van der Waals surface area contributed by atoms with E-state index in [4.69, 9.17) is 5.11 Å². The Balaban J connectivity index is 3.57. The third kappa shape index (κ3) is 6.46. The first-order valence-electron chi connectivity index (χ1n) is 5.07. The molecule has 0 aromatic rings. The SMILES string of the molecule is CCCCCNC(=O)C(C)CC(=O)O. The van der Waals surface area contributed by atoms with Gasteiger partial charge in [0.1, 0.15) is 0 Å².